The van der Waals surface area contributed by atoms with Crippen LogP contribution in [0, 0.1) is 5.82 Å². The van der Waals surface area contributed by atoms with Gasteiger partial charge in [-0.3, -0.25) is 9.69 Å². The Morgan fingerprint density at radius 3 is 2.15 bits per heavy atom. The van der Waals surface area contributed by atoms with E-state index in [1.807, 2.05) is 0 Å². The van der Waals surface area contributed by atoms with E-state index in [1.54, 1.807) is 6.07 Å². The summed E-state index contributed by atoms with van der Waals surface area (Å²) in [6.45, 7) is 0. The topological polar surface area (TPSA) is 101 Å². The van der Waals surface area contributed by atoms with Gasteiger partial charge in [0.1, 0.15) is 16.8 Å². The first-order valence-electron chi connectivity index (χ1n) is 9.76. The highest BCUT2D eigenvalue weighted by molar-refractivity contribution is 7.95. The molecule has 1 aliphatic heterocycles. The molecule has 7 nitrogen and oxygen atoms in total. The fraction of sp³-hybridized carbons (Fsp3) is 0.0833. The lowest BCUT2D eigenvalue weighted by Crippen LogP contribution is -2.31. The van der Waals surface area contributed by atoms with Crippen molar-refractivity contribution in [1.82, 2.24) is 0 Å². The third-order valence-corrected chi connectivity index (χ3v) is 7.15. The van der Waals surface area contributed by atoms with Crippen LogP contribution in [-0.2, 0) is 19.4 Å². The summed E-state index contributed by atoms with van der Waals surface area (Å²) in [6.07, 6.45) is 0. The van der Waals surface area contributed by atoms with Crippen molar-refractivity contribution < 1.29 is 32.2 Å². The predicted octanol–water partition coefficient (Wildman–Crippen LogP) is 3.94. The third-order valence-electron chi connectivity index (χ3n) is 5.26. The van der Waals surface area contributed by atoms with Gasteiger partial charge < -0.3 is 9.84 Å². The molecule has 4 rings (SSSR count). The first-order chi connectivity index (χ1) is 15.8. The van der Waals surface area contributed by atoms with Crippen molar-refractivity contribution in [3.05, 3.63) is 106 Å². The van der Waals surface area contributed by atoms with Crippen molar-refractivity contribution in [2.24, 2.45) is 0 Å². The number of aliphatic hydroxyl groups is 1. The fourth-order valence-electron chi connectivity index (χ4n) is 3.67. The highest BCUT2D eigenvalue weighted by Crippen LogP contribution is 2.44. The molecule has 1 aliphatic rings. The van der Waals surface area contributed by atoms with Crippen LogP contribution >= 0.6 is 0 Å². The second kappa shape index (κ2) is 8.51. The lowest BCUT2D eigenvalue weighted by molar-refractivity contribution is -0.117. The number of halogens is 1. The fourth-order valence-corrected chi connectivity index (χ4v) is 5.32. The molecule has 33 heavy (non-hydrogen) atoms. The van der Waals surface area contributed by atoms with Gasteiger partial charge in [0.25, 0.3) is 5.91 Å². The van der Waals surface area contributed by atoms with Crippen LogP contribution in [0.5, 0.6) is 0 Å². The molecule has 0 unspecified atom stereocenters. The molecule has 1 atom stereocenters. The number of ether oxygens (including phenoxy) is 1. The Hall–Kier alpha value is -3.98. The molecule has 0 aromatic heterocycles. The highest BCUT2D eigenvalue weighted by atomic mass is 32.2. The minimum atomic E-state index is -4.30. The average Bonchev–Trinajstić information content (AvgIpc) is 3.11. The van der Waals surface area contributed by atoms with Gasteiger partial charge in [-0.2, -0.15) is 0 Å². The van der Waals surface area contributed by atoms with E-state index in [-0.39, 0.29) is 16.1 Å². The summed E-state index contributed by atoms with van der Waals surface area (Å²) in [6, 6.07) is 16.8. The van der Waals surface area contributed by atoms with E-state index in [0.29, 0.717) is 5.56 Å². The molecular formula is C24H18FNO6S. The highest BCUT2D eigenvalue weighted by Gasteiger charge is 2.47. The van der Waals surface area contributed by atoms with Crippen molar-refractivity contribution in [3.8, 4) is 0 Å². The molecule has 3 aromatic carbocycles. The first-order valence-corrected chi connectivity index (χ1v) is 11.2. The van der Waals surface area contributed by atoms with Gasteiger partial charge >= 0.3 is 5.97 Å². The predicted molar refractivity (Wildman–Crippen MR) is 118 cm³/mol. The number of aliphatic hydroxyl groups excluding tert-OH is 1. The molecule has 0 spiro atoms. The Morgan fingerprint density at radius 2 is 1.58 bits per heavy atom. The minimum absolute atomic E-state index is 0.100. The van der Waals surface area contributed by atoms with Crippen LogP contribution in [0.1, 0.15) is 22.0 Å². The maximum absolute atomic E-state index is 13.5. The van der Waals surface area contributed by atoms with Crippen molar-refractivity contribution in [1.29, 1.82) is 0 Å². The van der Waals surface area contributed by atoms with Crippen LogP contribution in [0.4, 0.5) is 10.1 Å². The molecular weight excluding hydrogens is 449 g/mol. The Morgan fingerprint density at radius 1 is 0.970 bits per heavy atom. The van der Waals surface area contributed by atoms with Gasteiger partial charge in [-0.25, -0.2) is 17.6 Å². The number of hydrogen-bond donors (Lipinski definition) is 1. The Balaban J connectivity index is 1.91. The molecule has 0 bridgehead atoms. The van der Waals surface area contributed by atoms with E-state index < -0.39 is 44.2 Å². The minimum Gasteiger partial charge on any atom is -0.502 e. The van der Waals surface area contributed by atoms with Gasteiger partial charge in [0, 0.05) is 5.69 Å². The van der Waals surface area contributed by atoms with Gasteiger partial charge in [-0.15, -0.1) is 0 Å². The number of rotatable bonds is 5. The number of carbonyl (C=O) groups excluding carboxylic acids is 2. The summed E-state index contributed by atoms with van der Waals surface area (Å²) < 4.78 is 45.2. The zero-order chi connectivity index (χ0) is 23.8. The SMILES string of the molecule is COC(=O)c1ccc([C@H]2C(S(=O)(=O)c3ccccc3)=C(O)C(=O)N2c2ccc(F)cc2)cc1. The van der Waals surface area contributed by atoms with Crippen molar-refractivity contribution in [3.63, 3.8) is 0 Å². The molecule has 9 heteroatoms. The standard InChI is InChI=1S/C24H18FNO6S/c1-32-24(29)16-9-7-15(8-10-16)20-22(33(30,31)19-5-3-2-4-6-19)21(27)23(28)26(20)18-13-11-17(25)12-14-18/h2-14,20,27H,1H3/t20-/m0/s1. The van der Waals surface area contributed by atoms with Crippen LogP contribution in [0.15, 0.2) is 94.4 Å². The average molecular weight is 467 g/mol. The molecule has 0 saturated carbocycles. The molecule has 0 aliphatic carbocycles. The second-order valence-electron chi connectivity index (χ2n) is 7.20. The molecule has 0 radical (unpaired) electrons. The van der Waals surface area contributed by atoms with E-state index in [0.717, 1.165) is 17.0 Å². The number of esters is 1. The van der Waals surface area contributed by atoms with Crippen LogP contribution < -0.4 is 4.90 Å². The second-order valence-corrected chi connectivity index (χ2v) is 9.12. The number of anilines is 1. The van der Waals surface area contributed by atoms with Crippen LogP contribution in [0.25, 0.3) is 0 Å². The molecule has 0 saturated heterocycles. The Labute approximate surface area is 189 Å². The zero-order valence-corrected chi connectivity index (χ0v) is 18.1. The number of benzene rings is 3. The van der Waals surface area contributed by atoms with Crippen molar-refractivity contribution in [2.75, 3.05) is 12.0 Å². The van der Waals surface area contributed by atoms with Gasteiger partial charge in [-0.1, -0.05) is 30.3 Å². The summed E-state index contributed by atoms with van der Waals surface area (Å²) in [5.41, 5.74) is 0.728. The first kappa shape index (κ1) is 22.2. The van der Waals surface area contributed by atoms with Gasteiger partial charge in [-0.05, 0) is 54.1 Å². The summed E-state index contributed by atoms with van der Waals surface area (Å²) >= 11 is 0. The zero-order valence-electron chi connectivity index (χ0n) is 17.3. The lowest BCUT2D eigenvalue weighted by atomic mass is 10.0. The van der Waals surface area contributed by atoms with E-state index in [9.17, 15) is 27.5 Å². The molecule has 1 heterocycles. The molecule has 1 N–H and O–H groups in total. The van der Waals surface area contributed by atoms with Crippen LogP contribution in [0.2, 0.25) is 0 Å². The van der Waals surface area contributed by atoms with Gasteiger partial charge in [0.2, 0.25) is 9.84 Å². The third kappa shape index (κ3) is 3.87. The summed E-state index contributed by atoms with van der Waals surface area (Å²) in [4.78, 5) is 25.4. The van der Waals surface area contributed by atoms with E-state index >= 15 is 0 Å². The van der Waals surface area contributed by atoms with Crippen molar-refractivity contribution >= 4 is 27.4 Å². The number of methoxy groups -OCH3 is 1. The Kier molecular flexibility index (Phi) is 5.73. The summed E-state index contributed by atoms with van der Waals surface area (Å²) in [5.74, 6) is -3.00. The van der Waals surface area contributed by atoms with Crippen molar-refractivity contribution in [2.45, 2.75) is 10.9 Å². The number of hydrogen-bond acceptors (Lipinski definition) is 6. The van der Waals surface area contributed by atoms with Crippen LogP contribution in [-0.4, -0.2) is 32.5 Å². The lowest BCUT2D eigenvalue weighted by Gasteiger charge is -2.27. The monoisotopic (exact) mass is 467 g/mol. The molecule has 3 aromatic rings. The van der Waals surface area contributed by atoms with Crippen LogP contribution in [0.3, 0.4) is 0 Å². The molecule has 1 amide bonds. The maximum atomic E-state index is 13.5. The summed E-state index contributed by atoms with van der Waals surface area (Å²) in [7, 11) is -3.07. The summed E-state index contributed by atoms with van der Waals surface area (Å²) in [5, 5.41) is 10.7. The Bertz CT molecular complexity index is 1350. The maximum Gasteiger partial charge on any atom is 0.337 e. The van der Waals surface area contributed by atoms with E-state index in [2.05, 4.69) is 4.74 Å². The van der Waals surface area contributed by atoms with Gasteiger partial charge in [0.15, 0.2) is 5.76 Å². The number of nitrogens with zero attached hydrogens (tertiary/aromatic N) is 1. The molecule has 168 valence electrons. The number of sulfone groups is 1. The van der Waals surface area contributed by atoms with Gasteiger partial charge in [0.05, 0.1) is 17.6 Å². The van der Waals surface area contributed by atoms with E-state index in [4.69, 9.17) is 0 Å². The number of amides is 1. The number of carbonyl (C=O) groups is 2. The largest absolute Gasteiger partial charge is 0.502 e. The van der Waals surface area contributed by atoms with E-state index in [1.165, 1.54) is 67.8 Å². The molecule has 0 fully saturated rings. The smallest absolute Gasteiger partial charge is 0.337 e. The quantitative estimate of drug-likeness (QED) is 0.571. The normalized spacial score (nSPS) is 16.2.